The lowest BCUT2D eigenvalue weighted by atomic mass is 10.2. The summed E-state index contributed by atoms with van der Waals surface area (Å²) in [4.78, 5) is 4.26. The molecule has 0 unspecified atom stereocenters. The summed E-state index contributed by atoms with van der Waals surface area (Å²) < 4.78 is 5.10. The zero-order chi connectivity index (χ0) is 10.6. The van der Waals surface area contributed by atoms with Gasteiger partial charge in [0.2, 0.25) is 0 Å². The molecule has 0 spiro atoms. The molecule has 0 aliphatic rings. The number of ether oxygens (including phenoxy) is 1. The number of methoxy groups -OCH3 is 1. The van der Waals surface area contributed by atoms with E-state index in [0.717, 1.165) is 11.3 Å². The van der Waals surface area contributed by atoms with Gasteiger partial charge in [-0.05, 0) is 26.0 Å². The predicted molar refractivity (Wildman–Crippen MR) is 58.9 cm³/mol. The molecule has 1 rings (SSSR count). The third kappa shape index (κ3) is 2.76. The van der Waals surface area contributed by atoms with Crippen LogP contribution in [0.5, 0.6) is 5.75 Å². The summed E-state index contributed by atoms with van der Waals surface area (Å²) in [5.74, 6) is 1.35. The Kier molecular flexibility index (Phi) is 3.51. The average Bonchev–Trinajstić information content (AvgIpc) is 2.17. The molecule has 14 heavy (non-hydrogen) atoms. The molecule has 0 saturated carbocycles. The van der Waals surface area contributed by atoms with Crippen molar-refractivity contribution in [1.82, 2.24) is 0 Å². The maximum absolute atomic E-state index is 5.81. The van der Waals surface area contributed by atoms with Crippen molar-refractivity contribution < 1.29 is 4.74 Å². The van der Waals surface area contributed by atoms with E-state index in [2.05, 4.69) is 4.99 Å². The maximum Gasteiger partial charge on any atom is 0.126 e. The van der Waals surface area contributed by atoms with Crippen LogP contribution in [0.4, 0.5) is 0 Å². The van der Waals surface area contributed by atoms with Crippen LogP contribution in [0.25, 0.3) is 0 Å². The number of nitrogens with two attached hydrogens (primary N) is 1. The van der Waals surface area contributed by atoms with Crippen molar-refractivity contribution in [2.24, 2.45) is 10.7 Å². The monoisotopic (exact) mass is 192 g/mol. The molecule has 0 fully saturated rings. The van der Waals surface area contributed by atoms with Crippen LogP contribution < -0.4 is 10.5 Å². The summed E-state index contributed by atoms with van der Waals surface area (Å²) in [5, 5.41) is 0. The van der Waals surface area contributed by atoms with E-state index in [0.29, 0.717) is 5.84 Å². The highest BCUT2D eigenvalue weighted by Crippen LogP contribution is 2.12. The highest BCUT2D eigenvalue weighted by Gasteiger charge is 2.00. The Bertz CT molecular complexity index is 332. The van der Waals surface area contributed by atoms with Crippen molar-refractivity contribution in [3.05, 3.63) is 29.8 Å². The number of amidine groups is 1. The zero-order valence-corrected chi connectivity index (χ0v) is 8.82. The van der Waals surface area contributed by atoms with E-state index < -0.39 is 0 Å². The number of hydrogen-bond acceptors (Lipinski definition) is 2. The second-order valence-corrected chi connectivity index (χ2v) is 3.34. The quantitative estimate of drug-likeness (QED) is 0.586. The molecule has 76 valence electrons. The SMILES string of the molecule is COc1cccc(C(N)=NC(C)C)c1. The molecule has 0 aromatic heterocycles. The summed E-state index contributed by atoms with van der Waals surface area (Å²) in [6.07, 6.45) is 0. The Hall–Kier alpha value is -1.51. The normalized spacial score (nSPS) is 11.9. The van der Waals surface area contributed by atoms with Crippen molar-refractivity contribution in [2.75, 3.05) is 7.11 Å². The van der Waals surface area contributed by atoms with Gasteiger partial charge in [0.25, 0.3) is 0 Å². The molecule has 3 nitrogen and oxygen atoms in total. The van der Waals surface area contributed by atoms with Crippen LogP contribution in [0.1, 0.15) is 19.4 Å². The Morgan fingerprint density at radius 3 is 2.71 bits per heavy atom. The van der Waals surface area contributed by atoms with Gasteiger partial charge in [0.15, 0.2) is 0 Å². The molecule has 1 aromatic carbocycles. The minimum Gasteiger partial charge on any atom is -0.497 e. The van der Waals surface area contributed by atoms with Crippen LogP contribution in [0, 0.1) is 0 Å². The molecule has 0 atom stereocenters. The van der Waals surface area contributed by atoms with E-state index >= 15 is 0 Å². The second kappa shape index (κ2) is 4.65. The second-order valence-electron chi connectivity index (χ2n) is 3.34. The Morgan fingerprint density at radius 2 is 2.14 bits per heavy atom. The lowest BCUT2D eigenvalue weighted by Gasteiger charge is -2.05. The van der Waals surface area contributed by atoms with Crippen molar-refractivity contribution >= 4 is 5.84 Å². The Balaban J connectivity index is 2.95. The van der Waals surface area contributed by atoms with Crippen molar-refractivity contribution in [3.63, 3.8) is 0 Å². The molecular formula is C11H16N2O. The summed E-state index contributed by atoms with van der Waals surface area (Å²) in [7, 11) is 1.63. The van der Waals surface area contributed by atoms with Gasteiger partial charge in [-0.1, -0.05) is 12.1 Å². The fraction of sp³-hybridized carbons (Fsp3) is 0.364. The molecule has 0 aliphatic heterocycles. The molecule has 0 amide bonds. The molecule has 3 heteroatoms. The van der Waals surface area contributed by atoms with E-state index in [1.165, 1.54) is 0 Å². The maximum atomic E-state index is 5.81. The molecule has 0 heterocycles. The van der Waals surface area contributed by atoms with Crippen molar-refractivity contribution in [1.29, 1.82) is 0 Å². The standard InChI is InChI=1S/C11H16N2O/c1-8(2)13-11(12)9-5-4-6-10(7-9)14-3/h4-8H,1-3H3,(H2,12,13). The fourth-order valence-corrected chi connectivity index (χ4v) is 1.14. The van der Waals surface area contributed by atoms with Gasteiger partial charge in [0, 0.05) is 11.6 Å². The largest absolute Gasteiger partial charge is 0.497 e. The minimum atomic E-state index is 0.209. The summed E-state index contributed by atoms with van der Waals surface area (Å²) >= 11 is 0. The van der Waals surface area contributed by atoms with Crippen LogP contribution in [0.3, 0.4) is 0 Å². The molecular weight excluding hydrogens is 176 g/mol. The van der Waals surface area contributed by atoms with Crippen molar-refractivity contribution in [3.8, 4) is 5.75 Å². The van der Waals surface area contributed by atoms with Crippen LogP contribution in [-0.4, -0.2) is 19.0 Å². The van der Waals surface area contributed by atoms with Crippen LogP contribution in [0.2, 0.25) is 0 Å². The number of rotatable bonds is 3. The van der Waals surface area contributed by atoms with Crippen LogP contribution in [0.15, 0.2) is 29.3 Å². The number of nitrogens with zero attached hydrogens (tertiary/aromatic N) is 1. The van der Waals surface area contributed by atoms with Crippen LogP contribution >= 0.6 is 0 Å². The fourth-order valence-electron chi connectivity index (χ4n) is 1.14. The van der Waals surface area contributed by atoms with E-state index in [4.69, 9.17) is 10.5 Å². The topological polar surface area (TPSA) is 47.6 Å². The van der Waals surface area contributed by atoms with E-state index in [9.17, 15) is 0 Å². The highest BCUT2D eigenvalue weighted by atomic mass is 16.5. The lowest BCUT2D eigenvalue weighted by Crippen LogP contribution is -2.15. The number of benzene rings is 1. The summed E-state index contributed by atoms with van der Waals surface area (Å²) in [6.45, 7) is 3.99. The highest BCUT2D eigenvalue weighted by molar-refractivity contribution is 5.97. The van der Waals surface area contributed by atoms with Gasteiger partial charge in [0.05, 0.1) is 7.11 Å². The van der Waals surface area contributed by atoms with Crippen LogP contribution in [-0.2, 0) is 0 Å². The van der Waals surface area contributed by atoms with Gasteiger partial charge in [-0.2, -0.15) is 0 Å². The number of aliphatic imine (C=N–C) groups is 1. The molecule has 0 saturated heterocycles. The summed E-state index contributed by atoms with van der Waals surface area (Å²) in [5.41, 5.74) is 6.71. The Morgan fingerprint density at radius 1 is 1.43 bits per heavy atom. The van der Waals surface area contributed by atoms with E-state index in [-0.39, 0.29) is 6.04 Å². The lowest BCUT2D eigenvalue weighted by molar-refractivity contribution is 0.414. The van der Waals surface area contributed by atoms with Gasteiger partial charge in [-0.15, -0.1) is 0 Å². The predicted octanol–water partition coefficient (Wildman–Crippen LogP) is 1.81. The minimum absolute atomic E-state index is 0.209. The van der Waals surface area contributed by atoms with E-state index in [1.807, 2.05) is 38.1 Å². The average molecular weight is 192 g/mol. The van der Waals surface area contributed by atoms with Gasteiger partial charge in [-0.3, -0.25) is 4.99 Å². The van der Waals surface area contributed by atoms with Gasteiger partial charge in [0.1, 0.15) is 11.6 Å². The van der Waals surface area contributed by atoms with Gasteiger partial charge < -0.3 is 10.5 Å². The smallest absolute Gasteiger partial charge is 0.126 e. The van der Waals surface area contributed by atoms with Gasteiger partial charge >= 0.3 is 0 Å². The molecule has 1 aromatic rings. The third-order valence-corrected chi connectivity index (χ3v) is 1.76. The molecule has 0 radical (unpaired) electrons. The first-order valence-corrected chi connectivity index (χ1v) is 4.61. The van der Waals surface area contributed by atoms with Gasteiger partial charge in [-0.25, -0.2) is 0 Å². The number of hydrogen-bond donors (Lipinski definition) is 1. The Labute approximate surface area is 84.6 Å². The first-order valence-electron chi connectivity index (χ1n) is 4.61. The summed E-state index contributed by atoms with van der Waals surface area (Å²) in [6, 6.07) is 7.79. The first kappa shape index (κ1) is 10.6. The molecule has 0 bridgehead atoms. The molecule has 0 aliphatic carbocycles. The van der Waals surface area contributed by atoms with E-state index in [1.54, 1.807) is 7.11 Å². The molecule has 2 N–H and O–H groups in total. The third-order valence-electron chi connectivity index (χ3n) is 1.76. The van der Waals surface area contributed by atoms with Crippen molar-refractivity contribution in [2.45, 2.75) is 19.9 Å². The first-order chi connectivity index (χ1) is 6.63. The zero-order valence-electron chi connectivity index (χ0n) is 8.82.